The van der Waals surface area contributed by atoms with Crippen molar-refractivity contribution in [3.05, 3.63) is 59.1 Å². The summed E-state index contributed by atoms with van der Waals surface area (Å²) >= 11 is 5.93. The minimum atomic E-state index is -3.68. The van der Waals surface area contributed by atoms with Crippen molar-refractivity contribution < 1.29 is 17.9 Å². The summed E-state index contributed by atoms with van der Waals surface area (Å²) in [6.45, 7) is 3.43. The number of nitrogens with one attached hydrogen (secondary N) is 1. The summed E-state index contributed by atoms with van der Waals surface area (Å²) in [6.07, 6.45) is 0. The van der Waals surface area contributed by atoms with E-state index in [9.17, 15) is 13.2 Å². The average molecular weight is 354 g/mol. The van der Waals surface area contributed by atoms with Crippen LogP contribution in [0.1, 0.15) is 24.2 Å². The van der Waals surface area contributed by atoms with E-state index in [1.807, 2.05) is 0 Å². The van der Waals surface area contributed by atoms with Crippen LogP contribution in [0.3, 0.4) is 0 Å². The molecule has 0 fully saturated rings. The Hall–Kier alpha value is -1.89. The van der Waals surface area contributed by atoms with Crippen molar-refractivity contribution in [1.82, 2.24) is 4.72 Å². The van der Waals surface area contributed by atoms with E-state index in [1.165, 1.54) is 24.3 Å². The van der Waals surface area contributed by atoms with Gasteiger partial charge in [-0.15, -0.1) is 0 Å². The largest absolute Gasteiger partial charge is 0.421 e. The minimum Gasteiger partial charge on any atom is -0.421 e. The molecule has 0 aliphatic carbocycles. The smallest absolute Gasteiger partial charge is 0.343 e. The van der Waals surface area contributed by atoms with Gasteiger partial charge in [0.1, 0.15) is 5.75 Å². The van der Waals surface area contributed by atoms with E-state index < -0.39 is 16.0 Å². The Labute approximate surface area is 140 Å². The number of para-hydroxylation sites is 1. The van der Waals surface area contributed by atoms with Crippen LogP contribution >= 0.6 is 11.6 Å². The first kappa shape index (κ1) is 17.5. The van der Waals surface area contributed by atoms with Crippen molar-refractivity contribution in [3.63, 3.8) is 0 Å². The molecule has 2 rings (SSSR count). The number of esters is 1. The van der Waals surface area contributed by atoms with Gasteiger partial charge in [-0.1, -0.05) is 29.8 Å². The molecular formula is C16H16ClNO4S. The molecule has 0 radical (unpaired) electrons. The molecule has 0 bridgehead atoms. The lowest BCUT2D eigenvalue weighted by Crippen LogP contribution is -2.30. The first-order valence-electron chi connectivity index (χ1n) is 6.89. The Morgan fingerprint density at radius 2 is 1.83 bits per heavy atom. The van der Waals surface area contributed by atoms with Crippen molar-refractivity contribution in [2.45, 2.75) is 24.8 Å². The summed E-state index contributed by atoms with van der Waals surface area (Å²) in [5.74, 6) is -0.465. The van der Waals surface area contributed by atoms with Crippen molar-refractivity contribution >= 4 is 27.6 Å². The summed E-state index contributed by atoms with van der Waals surface area (Å²) in [6, 6.07) is 11.9. The number of ether oxygens (including phenoxy) is 1. The van der Waals surface area contributed by atoms with Gasteiger partial charge in [-0.2, -0.15) is 0 Å². The summed E-state index contributed by atoms with van der Waals surface area (Å²) in [5.41, 5.74) is 0.122. The van der Waals surface area contributed by atoms with Gasteiger partial charge in [0, 0.05) is 6.04 Å². The maximum absolute atomic E-state index is 12.2. The molecule has 0 saturated carbocycles. The number of halogens is 1. The van der Waals surface area contributed by atoms with Gasteiger partial charge in [0.2, 0.25) is 10.0 Å². The fraction of sp³-hybridized carbons (Fsp3) is 0.188. The first-order chi connectivity index (χ1) is 10.8. The average Bonchev–Trinajstić information content (AvgIpc) is 2.48. The van der Waals surface area contributed by atoms with Gasteiger partial charge in [0.25, 0.3) is 0 Å². The molecule has 23 heavy (non-hydrogen) atoms. The molecular weight excluding hydrogens is 338 g/mol. The number of carbonyl (C=O) groups is 1. The number of rotatable bonds is 5. The molecule has 0 saturated heterocycles. The molecule has 5 nitrogen and oxygen atoms in total. The molecule has 1 N–H and O–H groups in total. The van der Waals surface area contributed by atoms with Gasteiger partial charge < -0.3 is 4.74 Å². The second-order valence-electron chi connectivity index (χ2n) is 5.12. The molecule has 2 aromatic carbocycles. The third-order valence-corrected chi connectivity index (χ3v) is 4.78. The second kappa shape index (κ2) is 7.12. The lowest BCUT2D eigenvalue weighted by atomic mass is 10.2. The summed E-state index contributed by atoms with van der Waals surface area (Å²) in [7, 11) is -3.68. The molecule has 0 aliphatic heterocycles. The van der Waals surface area contributed by atoms with E-state index in [-0.39, 0.29) is 22.3 Å². The fourth-order valence-corrected chi connectivity index (χ4v) is 3.33. The zero-order chi connectivity index (χ0) is 17.0. The van der Waals surface area contributed by atoms with Crippen LogP contribution in [0.15, 0.2) is 53.4 Å². The van der Waals surface area contributed by atoms with E-state index in [4.69, 9.17) is 16.3 Å². The van der Waals surface area contributed by atoms with Crippen LogP contribution in [0.25, 0.3) is 0 Å². The van der Waals surface area contributed by atoms with Crippen molar-refractivity contribution in [2.24, 2.45) is 0 Å². The number of hydrogen-bond donors (Lipinski definition) is 1. The van der Waals surface area contributed by atoms with Crippen LogP contribution in [0.4, 0.5) is 0 Å². The van der Waals surface area contributed by atoms with E-state index in [0.29, 0.717) is 5.02 Å². The molecule has 0 aromatic heterocycles. The zero-order valence-electron chi connectivity index (χ0n) is 12.6. The normalized spacial score (nSPS) is 11.5. The number of carbonyl (C=O) groups excluding carboxylic acids is 1. The Bertz CT molecular complexity index is 818. The molecule has 7 heteroatoms. The minimum absolute atomic E-state index is 0.000177. The third-order valence-electron chi connectivity index (χ3n) is 2.81. The Balaban J connectivity index is 2.26. The highest BCUT2D eigenvalue weighted by atomic mass is 35.5. The molecule has 0 aliphatic rings. The van der Waals surface area contributed by atoms with Gasteiger partial charge in [-0.25, -0.2) is 17.9 Å². The van der Waals surface area contributed by atoms with E-state index >= 15 is 0 Å². The van der Waals surface area contributed by atoms with Gasteiger partial charge in [-0.05, 0) is 44.2 Å². The Morgan fingerprint density at radius 1 is 1.13 bits per heavy atom. The number of sulfonamides is 1. The predicted molar refractivity (Wildman–Crippen MR) is 88.3 cm³/mol. The van der Waals surface area contributed by atoms with Crippen molar-refractivity contribution in [3.8, 4) is 5.75 Å². The van der Waals surface area contributed by atoms with Gasteiger partial charge in [-0.3, -0.25) is 0 Å². The maximum Gasteiger partial charge on any atom is 0.343 e. The van der Waals surface area contributed by atoms with Crippen LogP contribution in [0, 0.1) is 0 Å². The highest BCUT2D eigenvalue weighted by Gasteiger charge is 2.18. The van der Waals surface area contributed by atoms with Gasteiger partial charge >= 0.3 is 5.97 Å². The van der Waals surface area contributed by atoms with Crippen LogP contribution in [-0.2, 0) is 10.0 Å². The Morgan fingerprint density at radius 3 is 2.48 bits per heavy atom. The predicted octanol–water partition coefficient (Wildman–Crippen LogP) is 3.25. The lowest BCUT2D eigenvalue weighted by Gasteiger charge is -2.11. The highest BCUT2D eigenvalue weighted by Crippen LogP contribution is 2.24. The molecule has 0 spiro atoms. The first-order valence-corrected chi connectivity index (χ1v) is 8.75. The fourth-order valence-electron chi connectivity index (χ4n) is 1.85. The highest BCUT2D eigenvalue weighted by molar-refractivity contribution is 7.89. The standard InChI is InChI=1S/C16H16ClNO4S/c1-11(2)18-23(20,21)13-7-5-6-12(10-13)16(19)22-15-9-4-3-8-14(15)17/h3-11,18H,1-2H3. The van der Waals surface area contributed by atoms with Crippen LogP contribution in [0.5, 0.6) is 5.75 Å². The van der Waals surface area contributed by atoms with E-state index in [1.54, 1.807) is 38.1 Å². The third kappa shape index (κ3) is 4.54. The second-order valence-corrected chi connectivity index (χ2v) is 7.24. The molecule has 0 amide bonds. The van der Waals surface area contributed by atoms with Crippen LogP contribution in [-0.4, -0.2) is 20.4 Å². The van der Waals surface area contributed by atoms with Crippen molar-refractivity contribution in [1.29, 1.82) is 0 Å². The molecule has 2 aromatic rings. The molecule has 0 atom stereocenters. The lowest BCUT2D eigenvalue weighted by molar-refractivity contribution is 0.0734. The molecule has 0 heterocycles. The van der Waals surface area contributed by atoms with Gasteiger partial charge in [0.05, 0.1) is 15.5 Å². The SMILES string of the molecule is CC(C)NS(=O)(=O)c1cccc(C(=O)Oc2ccccc2Cl)c1. The quantitative estimate of drug-likeness (QED) is 0.661. The summed E-state index contributed by atoms with van der Waals surface area (Å²) in [5, 5.41) is 0.297. The van der Waals surface area contributed by atoms with E-state index in [2.05, 4.69) is 4.72 Å². The van der Waals surface area contributed by atoms with Crippen LogP contribution in [0.2, 0.25) is 5.02 Å². The molecule has 0 unspecified atom stereocenters. The molecule has 122 valence electrons. The number of hydrogen-bond acceptors (Lipinski definition) is 4. The Kier molecular flexibility index (Phi) is 5.41. The maximum atomic E-state index is 12.2. The topological polar surface area (TPSA) is 72.5 Å². The van der Waals surface area contributed by atoms with Gasteiger partial charge in [0.15, 0.2) is 0 Å². The zero-order valence-corrected chi connectivity index (χ0v) is 14.2. The van der Waals surface area contributed by atoms with Crippen molar-refractivity contribution in [2.75, 3.05) is 0 Å². The van der Waals surface area contributed by atoms with Crippen LogP contribution < -0.4 is 9.46 Å². The summed E-state index contributed by atoms with van der Waals surface area (Å²) < 4.78 is 31.9. The van der Waals surface area contributed by atoms with E-state index in [0.717, 1.165) is 0 Å². The monoisotopic (exact) mass is 353 g/mol. The number of benzene rings is 2. The summed E-state index contributed by atoms with van der Waals surface area (Å²) in [4.78, 5) is 12.2.